The Kier molecular flexibility index (Phi) is 4.94. The third kappa shape index (κ3) is 3.82. The van der Waals surface area contributed by atoms with Crippen LogP contribution in [0.3, 0.4) is 0 Å². The normalized spacial score (nSPS) is 10.6. The van der Waals surface area contributed by atoms with E-state index in [4.69, 9.17) is 4.74 Å². The van der Waals surface area contributed by atoms with Crippen LogP contribution in [0.5, 0.6) is 11.5 Å². The van der Waals surface area contributed by atoms with Crippen molar-refractivity contribution >= 4 is 28.1 Å². The number of halogens is 1. The summed E-state index contributed by atoms with van der Waals surface area (Å²) in [5.41, 5.74) is 3.57. The molecule has 0 bridgehead atoms. The molecular weight excluding hydrogens is 336 g/mol. The average Bonchev–Trinajstić information content (AvgIpc) is 2.50. The highest BCUT2D eigenvalue weighted by Gasteiger charge is 2.09. The maximum absolute atomic E-state index is 12.0. The topological polar surface area (TPSA) is 70.9 Å². The fourth-order valence-electron chi connectivity index (χ4n) is 1.66. The molecule has 0 aliphatic rings. The van der Waals surface area contributed by atoms with Crippen molar-refractivity contribution in [2.24, 2.45) is 5.10 Å². The third-order valence-corrected chi connectivity index (χ3v) is 3.34. The number of carbonyl (C=O) groups excluding carboxylic acids is 1. The molecule has 0 radical (unpaired) electrons. The van der Waals surface area contributed by atoms with Crippen LogP contribution in [0.2, 0.25) is 0 Å². The second-order valence-electron chi connectivity index (χ2n) is 4.11. The molecule has 108 valence electrons. The van der Waals surface area contributed by atoms with E-state index in [0.29, 0.717) is 15.8 Å². The molecule has 6 heteroatoms. The van der Waals surface area contributed by atoms with E-state index in [1.807, 2.05) is 0 Å². The fourth-order valence-corrected chi connectivity index (χ4v) is 2.06. The summed E-state index contributed by atoms with van der Waals surface area (Å²) in [6, 6.07) is 11.8. The first-order valence-corrected chi connectivity index (χ1v) is 6.86. The fraction of sp³-hybridized carbons (Fsp3) is 0.0667. The predicted octanol–water partition coefficient (Wildman–Crippen LogP) is 2.93. The molecule has 0 saturated carbocycles. The lowest BCUT2D eigenvalue weighted by molar-refractivity contribution is 0.0952. The number of nitrogens with one attached hydrogen (secondary N) is 1. The van der Waals surface area contributed by atoms with E-state index >= 15 is 0 Å². The summed E-state index contributed by atoms with van der Waals surface area (Å²) in [5, 5.41) is 13.3. The number of hydrogen-bond acceptors (Lipinski definition) is 4. The molecule has 2 aromatic rings. The van der Waals surface area contributed by atoms with Crippen molar-refractivity contribution in [2.75, 3.05) is 7.11 Å². The molecule has 5 nitrogen and oxygen atoms in total. The van der Waals surface area contributed by atoms with Gasteiger partial charge in [-0.05, 0) is 51.8 Å². The Morgan fingerprint density at radius 3 is 2.81 bits per heavy atom. The number of rotatable bonds is 4. The van der Waals surface area contributed by atoms with Gasteiger partial charge >= 0.3 is 0 Å². The summed E-state index contributed by atoms with van der Waals surface area (Å²) in [6.07, 6.45) is 1.48. The Balaban J connectivity index is 2.06. The van der Waals surface area contributed by atoms with Crippen LogP contribution < -0.4 is 10.2 Å². The van der Waals surface area contributed by atoms with Gasteiger partial charge in [0.05, 0.1) is 23.4 Å². The number of hydrogen-bond donors (Lipinski definition) is 2. The summed E-state index contributed by atoms with van der Waals surface area (Å²) in [7, 11) is 1.50. The predicted molar refractivity (Wildman–Crippen MR) is 83.9 cm³/mol. The molecule has 0 unspecified atom stereocenters. The largest absolute Gasteiger partial charge is 0.507 e. The van der Waals surface area contributed by atoms with Crippen LogP contribution in [0.4, 0.5) is 0 Å². The molecule has 0 heterocycles. The van der Waals surface area contributed by atoms with Crippen LogP contribution in [0, 0.1) is 0 Å². The number of para-hydroxylation sites is 1. The van der Waals surface area contributed by atoms with Crippen LogP contribution in [0.25, 0.3) is 0 Å². The zero-order valence-corrected chi connectivity index (χ0v) is 12.8. The maximum atomic E-state index is 12.0. The van der Waals surface area contributed by atoms with Gasteiger partial charge in [0.25, 0.3) is 5.91 Å². The van der Waals surface area contributed by atoms with Crippen molar-refractivity contribution in [3.05, 3.63) is 58.1 Å². The minimum absolute atomic E-state index is 0.144. The van der Waals surface area contributed by atoms with Crippen LogP contribution in [-0.2, 0) is 0 Å². The van der Waals surface area contributed by atoms with Crippen LogP contribution >= 0.6 is 15.9 Å². The molecule has 0 aromatic heterocycles. The Hall–Kier alpha value is -2.34. The Morgan fingerprint density at radius 2 is 2.10 bits per heavy atom. The molecule has 0 aliphatic heterocycles. The second-order valence-corrected chi connectivity index (χ2v) is 4.96. The van der Waals surface area contributed by atoms with E-state index in [0.717, 1.165) is 5.56 Å². The van der Waals surface area contributed by atoms with E-state index in [9.17, 15) is 9.90 Å². The standard InChI is InChI=1S/C15H13BrN2O3/c1-21-14-5-3-2-4-11(14)15(20)18-17-9-10-6-7-13(19)12(16)8-10/h2-9,19H,1H3,(H,18,20)/b17-9-. The molecular formula is C15H13BrN2O3. The first-order valence-electron chi connectivity index (χ1n) is 6.06. The molecule has 0 atom stereocenters. The summed E-state index contributed by atoms with van der Waals surface area (Å²) in [4.78, 5) is 12.0. The van der Waals surface area contributed by atoms with Gasteiger partial charge in [-0.3, -0.25) is 4.79 Å². The lowest BCUT2D eigenvalue weighted by atomic mass is 10.2. The zero-order valence-electron chi connectivity index (χ0n) is 11.2. The number of methoxy groups -OCH3 is 1. The lowest BCUT2D eigenvalue weighted by Crippen LogP contribution is -2.18. The lowest BCUT2D eigenvalue weighted by Gasteiger charge is -2.06. The van der Waals surface area contributed by atoms with Gasteiger partial charge in [-0.25, -0.2) is 5.43 Å². The number of carbonyl (C=O) groups is 1. The maximum Gasteiger partial charge on any atom is 0.275 e. The van der Waals surface area contributed by atoms with Crippen LogP contribution in [-0.4, -0.2) is 24.3 Å². The number of phenolic OH excluding ortho intramolecular Hbond substituents is 1. The monoisotopic (exact) mass is 348 g/mol. The van der Waals surface area contributed by atoms with E-state index in [1.54, 1.807) is 36.4 Å². The van der Waals surface area contributed by atoms with Gasteiger partial charge in [0.15, 0.2) is 0 Å². The van der Waals surface area contributed by atoms with Crippen molar-refractivity contribution in [1.82, 2.24) is 5.43 Å². The highest BCUT2D eigenvalue weighted by Crippen LogP contribution is 2.23. The minimum Gasteiger partial charge on any atom is -0.507 e. The first kappa shape index (κ1) is 15.1. The van der Waals surface area contributed by atoms with Crippen LogP contribution in [0.15, 0.2) is 52.0 Å². The SMILES string of the molecule is COc1ccccc1C(=O)N/N=C\c1ccc(O)c(Br)c1. The van der Waals surface area contributed by atoms with Crippen molar-refractivity contribution in [2.45, 2.75) is 0 Å². The Bertz CT molecular complexity index is 686. The quantitative estimate of drug-likeness (QED) is 0.659. The number of hydrazone groups is 1. The summed E-state index contributed by atoms with van der Waals surface area (Å²) < 4.78 is 5.67. The number of nitrogens with zero attached hydrogens (tertiary/aromatic N) is 1. The van der Waals surface area contributed by atoms with E-state index in [2.05, 4.69) is 26.5 Å². The summed E-state index contributed by atoms with van der Waals surface area (Å²) in [6.45, 7) is 0. The van der Waals surface area contributed by atoms with Crippen LogP contribution in [0.1, 0.15) is 15.9 Å². The highest BCUT2D eigenvalue weighted by molar-refractivity contribution is 9.10. The van der Waals surface area contributed by atoms with Gasteiger partial charge in [0.1, 0.15) is 11.5 Å². The molecule has 2 aromatic carbocycles. The molecule has 2 rings (SSSR count). The minimum atomic E-state index is -0.360. The molecule has 0 spiro atoms. The van der Waals surface area contributed by atoms with Crippen molar-refractivity contribution in [3.8, 4) is 11.5 Å². The molecule has 0 fully saturated rings. The number of amides is 1. The molecule has 21 heavy (non-hydrogen) atoms. The summed E-state index contributed by atoms with van der Waals surface area (Å²) in [5.74, 6) is 0.268. The Labute approximate surface area is 130 Å². The third-order valence-electron chi connectivity index (χ3n) is 2.70. The highest BCUT2D eigenvalue weighted by atomic mass is 79.9. The van der Waals surface area contributed by atoms with Gasteiger partial charge in [0, 0.05) is 0 Å². The molecule has 2 N–H and O–H groups in total. The Morgan fingerprint density at radius 1 is 1.33 bits per heavy atom. The van der Waals surface area contributed by atoms with E-state index < -0.39 is 0 Å². The second kappa shape index (κ2) is 6.90. The number of aromatic hydroxyl groups is 1. The number of ether oxygens (including phenoxy) is 1. The average molecular weight is 349 g/mol. The van der Waals surface area contributed by atoms with Gasteiger partial charge < -0.3 is 9.84 Å². The molecule has 1 amide bonds. The van der Waals surface area contributed by atoms with E-state index in [1.165, 1.54) is 19.4 Å². The zero-order chi connectivity index (χ0) is 15.2. The first-order chi connectivity index (χ1) is 10.1. The van der Waals surface area contributed by atoms with Gasteiger partial charge in [-0.1, -0.05) is 12.1 Å². The van der Waals surface area contributed by atoms with Crippen molar-refractivity contribution < 1.29 is 14.6 Å². The summed E-state index contributed by atoms with van der Waals surface area (Å²) >= 11 is 3.21. The van der Waals surface area contributed by atoms with Crippen molar-refractivity contribution in [1.29, 1.82) is 0 Å². The number of phenols is 1. The molecule has 0 saturated heterocycles. The molecule has 0 aliphatic carbocycles. The van der Waals surface area contributed by atoms with Crippen molar-refractivity contribution in [3.63, 3.8) is 0 Å². The van der Waals surface area contributed by atoms with Gasteiger partial charge in [-0.15, -0.1) is 0 Å². The van der Waals surface area contributed by atoms with Gasteiger partial charge in [-0.2, -0.15) is 5.10 Å². The smallest absolute Gasteiger partial charge is 0.275 e. The van der Waals surface area contributed by atoms with Gasteiger partial charge in [0.2, 0.25) is 0 Å². The number of benzene rings is 2. The van der Waals surface area contributed by atoms with E-state index in [-0.39, 0.29) is 11.7 Å².